The summed E-state index contributed by atoms with van der Waals surface area (Å²) in [5, 5.41) is 10.1. The summed E-state index contributed by atoms with van der Waals surface area (Å²) in [6.07, 6.45) is 4.49. The molecule has 5 rings (SSSR count). The van der Waals surface area contributed by atoms with Crippen molar-refractivity contribution in [3.8, 4) is 5.69 Å². The van der Waals surface area contributed by atoms with E-state index < -0.39 is 16.8 Å². The molecule has 2 atom stereocenters. The van der Waals surface area contributed by atoms with Gasteiger partial charge in [-0.1, -0.05) is 44.2 Å². The minimum atomic E-state index is -1.04. The molecule has 1 aromatic heterocycles. The molecule has 2 amide bonds. The van der Waals surface area contributed by atoms with E-state index in [9.17, 15) is 19.5 Å². The Labute approximate surface area is 191 Å². The summed E-state index contributed by atoms with van der Waals surface area (Å²) < 4.78 is 1.83. The number of carboxylic acids is 1. The molecule has 0 spiro atoms. The van der Waals surface area contributed by atoms with Crippen LogP contribution in [-0.4, -0.2) is 43.9 Å². The number of aromatic nitrogens is 2. The minimum Gasteiger partial charge on any atom is -0.481 e. The zero-order valence-electron chi connectivity index (χ0n) is 18.6. The van der Waals surface area contributed by atoms with E-state index in [1.807, 2.05) is 48.7 Å². The fourth-order valence-electron chi connectivity index (χ4n) is 5.10. The summed E-state index contributed by atoms with van der Waals surface area (Å²) in [7, 11) is 0. The predicted octanol–water partition coefficient (Wildman–Crippen LogP) is 3.93. The number of carbonyl (C=O) groups is 3. The third-order valence-corrected chi connectivity index (χ3v) is 6.84. The van der Waals surface area contributed by atoms with Crippen molar-refractivity contribution in [3.05, 3.63) is 83.9 Å². The number of nitrogens with zero attached hydrogens (tertiary/aromatic N) is 3. The van der Waals surface area contributed by atoms with Gasteiger partial charge in [-0.3, -0.25) is 19.3 Å². The first-order valence-corrected chi connectivity index (χ1v) is 11.0. The van der Waals surface area contributed by atoms with E-state index in [2.05, 4.69) is 4.98 Å². The number of benzene rings is 2. The van der Waals surface area contributed by atoms with Crippen LogP contribution in [0.1, 0.15) is 53.1 Å². The van der Waals surface area contributed by atoms with Gasteiger partial charge in [0.1, 0.15) is 5.41 Å². The highest BCUT2D eigenvalue weighted by atomic mass is 16.4. The Morgan fingerprint density at radius 2 is 1.67 bits per heavy atom. The number of aliphatic carboxylic acids is 1. The number of hydrogen-bond donors (Lipinski definition) is 1. The standard InChI is InChI=1S/C26H25N3O4/c1-25(2,15-29-22(30)19-10-6-7-11-20(19)23(29)31)12-17-13-26(17,24(32)33)21-14-28(16-27-21)18-8-4-3-5-9-18/h3-11,14,16-17H,12-13,15H2,1-2H3,(H,32,33). The SMILES string of the molecule is CC(C)(CC1CC1(C(=O)O)c1cn(-c2ccccc2)cn1)CN1C(=O)c2ccccc2C1=O. The van der Waals surface area contributed by atoms with Crippen molar-refractivity contribution in [3.63, 3.8) is 0 Å². The molecule has 2 unspecified atom stereocenters. The van der Waals surface area contributed by atoms with Gasteiger partial charge >= 0.3 is 5.97 Å². The summed E-state index contributed by atoms with van der Waals surface area (Å²) in [5.74, 6) is -1.59. The number of imide groups is 1. The molecule has 1 fully saturated rings. The Hall–Kier alpha value is -3.74. The molecule has 0 radical (unpaired) electrons. The molecule has 33 heavy (non-hydrogen) atoms. The molecule has 168 valence electrons. The number of imidazole rings is 1. The van der Waals surface area contributed by atoms with Crippen molar-refractivity contribution in [1.29, 1.82) is 0 Å². The third-order valence-electron chi connectivity index (χ3n) is 6.84. The summed E-state index contributed by atoms with van der Waals surface area (Å²) in [6.45, 7) is 4.19. The van der Waals surface area contributed by atoms with E-state index in [0.717, 1.165) is 5.69 Å². The Kier molecular flexibility index (Phi) is 4.74. The highest BCUT2D eigenvalue weighted by molar-refractivity contribution is 6.21. The van der Waals surface area contributed by atoms with Gasteiger partial charge in [0.15, 0.2) is 0 Å². The number of hydrogen-bond acceptors (Lipinski definition) is 4. The molecule has 1 aliphatic heterocycles. The second kappa shape index (κ2) is 7.40. The average molecular weight is 444 g/mol. The fraction of sp³-hybridized carbons (Fsp3) is 0.308. The van der Waals surface area contributed by atoms with E-state index in [1.54, 1.807) is 36.8 Å². The predicted molar refractivity (Wildman–Crippen MR) is 121 cm³/mol. The van der Waals surface area contributed by atoms with Crippen molar-refractivity contribution >= 4 is 17.8 Å². The van der Waals surface area contributed by atoms with Crippen LogP contribution in [-0.2, 0) is 10.2 Å². The van der Waals surface area contributed by atoms with Crippen LogP contribution in [0.4, 0.5) is 0 Å². The fourth-order valence-corrected chi connectivity index (χ4v) is 5.10. The number of fused-ring (bicyclic) bond motifs is 1. The van der Waals surface area contributed by atoms with Gasteiger partial charge in [-0.05, 0) is 48.4 Å². The molecule has 7 heteroatoms. The van der Waals surface area contributed by atoms with Crippen LogP contribution in [0.15, 0.2) is 67.1 Å². The maximum Gasteiger partial charge on any atom is 0.316 e. The molecule has 3 aromatic rings. The van der Waals surface area contributed by atoms with Crippen molar-refractivity contribution in [1.82, 2.24) is 14.5 Å². The monoisotopic (exact) mass is 443 g/mol. The molecular weight excluding hydrogens is 418 g/mol. The van der Waals surface area contributed by atoms with Gasteiger partial charge in [-0.25, -0.2) is 4.98 Å². The van der Waals surface area contributed by atoms with Gasteiger partial charge in [0.25, 0.3) is 11.8 Å². The van der Waals surface area contributed by atoms with Gasteiger partial charge < -0.3 is 9.67 Å². The molecule has 1 saturated carbocycles. The molecule has 0 bridgehead atoms. The second-order valence-corrected chi connectivity index (χ2v) is 9.79. The van der Waals surface area contributed by atoms with E-state index in [-0.39, 0.29) is 24.3 Å². The van der Waals surface area contributed by atoms with Gasteiger partial charge in [-0.15, -0.1) is 0 Å². The second-order valence-electron chi connectivity index (χ2n) is 9.79. The van der Waals surface area contributed by atoms with Crippen LogP contribution in [0, 0.1) is 11.3 Å². The van der Waals surface area contributed by atoms with Crippen molar-refractivity contribution in [2.45, 2.75) is 32.1 Å². The summed E-state index contributed by atoms with van der Waals surface area (Å²) in [6, 6.07) is 16.5. The molecule has 0 saturated heterocycles. The molecular formula is C26H25N3O4. The summed E-state index contributed by atoms with van der Waals surface area (Å²) in [5.41, 5.74) is 0.823. The average Bonchev–Trinajstić information content (AvgIpc) is 3.19. The van der Waals surface area contributed by atoms with Gasteiger partial charge in [0.2, 0.25) is 0 Å². The minimum absolute atomic E-state index is 0.126. The molecule has 2 aliphatic rings. The highest BCUT2D eigenvalue weighted by Gasteiger charge is 2.64. The van der Waals surface area contributed by atoms with Crippen LogP contribution in [0.5, 0.6) is 0 Å². The Morgan fingerprint density at radius 3 is 2.27 bits per heavy atom. The lowest BCUT2D eigenvalue weighted by molar-refractivity contribution is -0.140. The quantitative estimate of drug-likeness (QED) is 0.559. The van der Waals surface area contributed by atoms with Crippen LogP contribution in [0.3, 0.4) is 0 Å². The third kappa shape index (κ3) is 3.44. The zero-order valence-corrected chi connectivity index (χ0v) is 18.6. The molecule has 2 heterocycles. The van der Waals surface area contributed by atoms with E-state index >= 15 is 0 Å². The van der Waals surface area contributed by atoms with Crippen LogP contribution in [0.25, 0.3) is 5.69 Å². The highest BCUT2D eigenvalue weighted by Crippen LogP contribution is 2.58. The Balaban J connectivity index is 1.33. The first kappa shape index (κ1) is 21.1. The summed E-state index contributed by atoms with van der Waals surface area (Å²) >= 11 is 0. The van der Waals surface area contributed by atoms with E-state index in [1.165, 1.54) is 4.90 Å². The Bertz CT molecular complexity index is 1230. The van der Waals surface area contributed by atoms with Crippen molar-refractivity contribution in [2.24, 2.45) is 11.3 Å². The molecule has 2 aromatic carbocycles. The van der Waals surface area contributed by atoms with E-state index in [4.69, 9.17) is 0 Å². The number of amides is 2. The van der Waals surface area contributed by atoms with Crippen LogP contribution in [0.2, 0.25) is 0 Å². The first-order valence-electron chi connectivity index (χ1n) is 11.0. The number of carboxylic acid groups (broad SMARTS) is 1. The Morgan fingerprint density at radius 1 is 1.06 bits per heavy atom. The maximum absolute atomic E-state index is 12.8. The van der Waals surface area contributed by atoms with Crippen LogP contribution < -0.4 is 0 Å². The van der Waals surface area contributed by atoms with Crippen LogP contribution >= 0.6 is 0 Å². The molecule has 7 nitrogen and oxygen atoms in total. The largest absolute Gasteiger partial charge is 0.481 e. The lowest BCUT2D eigenvalue weighted by Crippen LogP contribution is -2.39. The van der Waals surface area contributed by atoms with Gasteiger partial charge in [0.05, 0.1) is 23.1 Å². The normalized spacial score (nSPS) is 21.9. The molecule has 1 N–H and O–H groups in total. The number of rotatable bonds is 7. The van der Waals surface area contributed by atoms with Crippen molar-refractivity contribution < 1.29 is 19.5 Å². The van der Waals surface area contributed by atoms with E-state index in [0.29, 0.717) is 29.7 Å². The zero-order chi connectivity index (χ0) is 23.4. The number of para-hydroxylation sites is 1. The van der Waals surface area contributed by atoms with Gasteiger partial charge in [-0.2, -0.15) is 0 Å². The van der Waals surface area contributed by atoms with Gasteiger partial charge in [0, 0.05) is 18.4 Å². The summed E-state index contributed by atoms with van der Waals surface area (Å²) in [4.78, 5) is 43.7. The topological polar surface area (TPSA) is 92.5 Å². The van der Waals surface area contributed by atoms with Crippen molar-refractivity contribution in [2.75, 3.05) is 6.54 Å². The lowest BCUT2D eigenvalue weighted by Gasteiger charge is -2.30. The smallest absolute Gasteiger partial charge is 0.316 e. The number of carbonyl (C=O) groups excluding carboxylic acids is 2. The lowest BCUT2D eigenvalue weighted by atomic mass is 9.83. The maximum atomic E-state index is 12.8. The first-order chi connectivity index (χ1) is 15.7. The molecule has 1 aliphatic carbocycles.